The predicted molar refractivity (Wildman–Crippen MR) is 96.7 cm³/mol. The fourth-order valence-electron chi connectivity index (χ4n) is 3.38. The summed E-state index contributed by atoms with van der Waals surface area (Å²) in [7, 11) is 1.68. The fraction of sp³-hybridized carbons (Fsp3) is 0.412. The summed E-state index contributed by atoms with van der Waals surface area (Å²) in [5, 5.41) is 4.64. The minimum absolute atomic E-state index is 0.204. The minimum atomic E-state index is -0.385. The van der Waals surface area contributed by atoms with Crippen molar-refractivity contribution in [2.24, 2.45) is 13.0 Å². The number of amides is 1. The summed E-state index contributed by atoms with van der Waals surface area (Å²) in [6.07, 6.45) is 4.51. The molecule has 25 heavy (non-hydrogen) atoms. The number of thiophene rings is 1. The quantitative estimate of drug-likeness (QED) is 0.761. The Morgan fingerprint density at radius 3 is 2.96 bits per heavy atom. The molecule has 4 rings (SSSR count). The first kappa shape index (κ1) is 16.0. The van der Waals surface area contributed by atoms with Gasteiger partial charge < -0.3 is 0 Å². The molecule has 1 aliphatic rings. The molecule has 0 unspecified atom stereocenters. The molecule has 0 spiro atoms. The molecular weight excluding hydrogens is 338 g/mol. The minimum Gasteiger partial charge on any atom is -0.267 e. The van der Waals surface area contributed by atoms with Crippen LogP contribution in [-0.2, 0) is 19.9 Å². The molecule has 0 radical (unpaired) electrons. The molecule has 1 N–H and O–H groups in total. The lowest BCUT2D eigenvalue weighted by Crippen LogP contribution is -2.36. The van der Waals surface area contributed by atoms with E-state index in [1.807, 2.05) is 0 Å². The van der Waals surface area contributed by atoms with E-state index in [2.05, 4.69) is 22.4 Å². The Balaban J connectivity index is 1.81. The van der Waals surface area contributed by atoms with Gasteiger partial charge in [-0.05, 0) is 43.7 Å². The van der Waals surface area contributed by atoms with Crippen molar-refractivity contribution in [2.75, 3.05) is 5.43 Å². The number of carbonyl (C=O) groups is 1. The standard InChI is InChI=1S/C17H19N5O2S/c1-9-4-5-11-13(8-9)25-16-14(11)17(24)22(10(2)19-16)20-15(23)12-6-7-18-21(12)3/h6-7,9H,4-5,8H2,1-3H3,(H,20,23)/t9-/m1/s1. The first-order valence-electron chi connectivity index (χ1n) is 8.29. The number of hydrogen-bond acceptors (Lipinski definition) is 5. The molecule has 0 aliphatic heterocycles. The molecule has 0 saturated carbocycles. The molecule has 7 nitrogen and oxygen atoms in total. The largest absolute Gasteiger partial charge is 0.288 e. The molecule has 1 atom stereocenters. The summed E-state index contributed by atoms with van der Waals surface area (Å²) in [5.74, 6) is 0.720. The maximum atomic E-state index is 13.0. The average Bonchev–Trinajstić information content (AvgIpc) is 3.13. The number of fused-ring (bicyclic) bond motifs is 3. The van der Waals surface area contributed by atoms with Crippen molar-refractivity contribution in [3.63, 3.8) is 0 Å². The number of nitrogens with zero attached hydrogens (tertiary/aromatic N) is 4. The number of aromatic nitrogens is 4. The molecule has 3 aromatic rings. The van der Waals surface area contributed by atoms with Crippen molar-refractivity contribution in [1.29, 1.82) is 0 Å². The van der Waals surface area contributed by atoms with E-state index in [1.54, 1.807) is 37.6 Å². The first-order chi connectivity index (χ1) is 12.0. The van der Waals surface area contributed by atoms with Crippen LogP contribution in [0.3, 0.4) is 0 Å². The lowest BCUT2D eigenvalue weighted by Gasteiger charge is -2.17. The molecule has 0 aromatic carbocycles. The summed E-state index contributed by atoms with van der Waals surface area (Å²) in [6, 6.07) is 1.61. The van der Waals surface area contributed by atoms with Crippen LogP contribution in [0.2, 0.25) is 0 Å². The summed E-state index contributed by atoms with van der Waals surface area (Å²) < 4.78 is 2.72. The molecule has 3 heterocycles. The van der Waals surface area contributed by atoms with Crippen molar-refractivity contribution in [1.82, 2.24) is 19.4 Å². The maximum absolute atomic E-state index is 13.0. The third kappa shape index (κ3) is 2.57. The Morgan fingerprint density at radius 1 is 1.44 bits per heavy atom. The number of hydrogen-bond donors (Lipinski definition) is 1. The molecule has 8 heteroatoms. The normalized spacial score (nSPS) is 16.8. The van der Waals surface area contributed by atoms with Crippen molar-refractivity contribution in [3.05, 3.63) is 44.6 Å². The van der Waals surface area contributed by atoms with E-state index in [0.29, 0.717) is 22.8 Å². The molecule has 0 fully saturated rings. The molecule has 3 aromatic heterocycles. The van der Waals surface area contributed by atoms with E-state index >= 15 is 0 Å². The zero-order valence-electron chi connectivity index (χ0n) is 14.4. The zero-order chi connectivity index (χ0) is 17.7. The Bertz CT molecular complexity index is 1050. The van der Waals surface area contributed by atoms with E-state index in [9.17, 15) is 9.59 Å². The number of carbonyl (C=O) groups excluding carboxylic acids is 1. The van der Waals surface area contributed by atoms with Crippen molar-refractivity contribution in [3.8, 4) is 0 Å². The second kappa shape index (κ2) is 5.80. The van der Waals surface area contributed by atoms with Gasteiger partial charge in [0.05, 0.1) is 5.39 Å². The second-order valence-electron chi connectivity index (χ2n) is 6.61. The summed E-state index contributed by atoms with van der Waals surface area (Å²) in [5.41, 5.74) is 3.95. The van der Waals surface area contributed by atoms with Gasteiger partial charge in [0.1, 0.15) is 16.3 Å². The Kier molecular flexibility index (Phi) is 3.72. The SMILES string of the molecule is Cc1nc2sc3c(c2c(=O)n1NC(=O)c1ccnn1C)CC[C@@H](C)C3. The van der Waals surface area contributed by atoms with E-state index < -0.39 is 0 Å². The lowest BCUT2D eigenvalue weighted by molar-refractivity contribution is 0.0997. The van der Waals surface area contributed by atoms with Crippen molar-refractivity contribution in [2.45, 2.75) is 33.1 Å². The van der Waals surface area contributed by atoms with Gasteiger partial charge in [-0.15, -0.1) is 11.3 Å². The van der Waals surface area contributed by atoms with Crippen LogP contribution in [-0.4, -0.2) is 25.3 Å². The first-order valence-corrected chi connectivity index (χ1v) is 9.10. The van der Waals surface area contributed by atoms with Gasteiger partial charge in [0, 0.05) is 18.1 Å². The third-order valence-electron chi connectivity index (χ3n) is 4.76. The monoisotopic (exact) mass is 357 g/mol. The highest BCUT2D eigenvalue weighted by Crippen LogP contribution is 2.35. The Morgan fingerprint density at radius 2 is 2.24 bits per heavy atom. The van der Waals surface area contributed by atoms with Gasteiger partial charge in [-0.3, -0.25) is 19.7 Å². The van der Waals surface area contributed by atoms with Crippen LogP contribution < -0.4 is 11.0 Å². The Hall–Kier alpha value is -2.48. The highest BCUT2D eigenvalue weighted by molar-refractivity contribution is 7.18. The van der Waals surface area contributed by atoms with Crippen molar-refractivity contribution < 1.29 is 4.79 Å². The van der Waals surface area contributed by atoms with Gasteiger partial charge in [0.25, 0.3) is 11.5 Å². The van der Waals surface area contributed by atoms with Crippen LogP contribution in [0.15, 0.2) is 17.1 Å². The summed E-state index contributed by atoms with van der Waals surface area (Å²) in [4.78, 5) is 32.1. The van der Waals surface area contributed by atoms with Gasteiger partial charge in [-0.2, -0.15) is 5.10 Å². The van der Waals surface area contributed by atoms with Crippen LogP contribution in [0.1, 0.15) is 40.1 Å². The summed E-state index contributed by atoms with van der Waals surface area (Å²) >= 11 is 1.61. The smallest absolute Gasteiger partial charge is 0.267 e. The van der Waals surface area contributed by atoms with Crippen LogP contribution in [0.4, 0.5) is 0 Å². The third-order valence-corrected chi connectivity index (χ3v) is 5.91. The fourth-order valence-corrected chi connectivity index (χ4v) is 4.80. The number of aryl methyl sites for hydroxylation is 3. The average molecular weight is 357 g/mol. The zero-order valence-corrected chi connectivity index (χ0v) is 15.2. The lowest BCUT2D eigenvalue weighted by atomic mass is 9.89. The highest BCUT2D eigenvalue weighted by Gasteiger charge is 2.24. The van der Waals surface area contributed by atoms with Crippen LogP contribution in [0.5, 0.6) is 0 Å². The maximum Gasteiger partial charge on any atom is 0.288 e. The number of rotatable bonds is 2. The Labute approximate surface area is 148 Å². The highest BCUT2D eigenvalue weighted by atomic mass is 32.1. The second-order valence-corrected chi connectivity index (χ2v) is 7.70. The molecule has 0 saturated heterocycles. The van der Waals surface area contributed by atoms with Crippen LogP contribution in [0.25, 0.3) is 10.2 Å². The van der Waals surface area contributed by atoms with Gasteiger partial charge >= 0.3 is 0 Å². The van der Waals surface area contributed by atoms with Gasteiger partial charge in [0.2, 0.25) is 0 Å². The van der Waals surface area contributed by atoms with E-state index in [1.165, 1.54) is 14.2 Å². The molecular formula is C17H19N5O2S. The topological polar surface area (TPSA) is 81.8 Å². The van der Waals surface area contributed by atoms with Gasteiger partial charge in [0.15, 0.2) is 0 Å². The van der Waals surface area contributed by atoms with E-state index in [-0.39, 0.29) is 11.5 Å². The van der Waals surface area contributed by atoms with Gasteiger partial charge in [-0.25, -0.2) is 9.66 Å². The molecule has 1 amide bonds. The van der Waals surface area contributed by atoms with Gasteiger partial charge in [-0.1, -0.05) is 6.92 Å². The van der Waals surface area contributed by atoms with Crippen molar-refractivity contribution >= 4 is 27.5 Å². The molecule has 130 valence electrons. The number of nitrogens with one attached hydrogen (secondary N) is 1. The predicted octanol–water partition coefficient (Wildman–Crippen LogP) is 2.01. The summed E-state index contributed by atoms with van der Waals surface area (Å²) in [6.45, 7) is 3.96. The van der Waals surface area contributed by atoms with E-state index in [4.69, 9.17) is 0 Å². The van der Waals surface area contributed by atoms with E-state index in [0.717, 1.165) is 29.7 Å². The molecule has 0 bridgehead atoms. The van der Waals surface area contributed by atoms with Crippen LogP contribution in [0, 0.1) is 12.8 Å². The van der Waals surface area contributed by atoms with Crippen LogP contribution >= 0.6 is 11.3 Å². The molecule has 1 aliphatic carbocycles.